The van der Waals surface area contributed by atoms with Crippen molar-refractivity contribution in [3.05, 3.63) is 48.0 Å². The van der Waals surface area contributed by atoms with Gasteiger partial charge in [-0.25, -0.2) is 4.79 Å². The predicted octanol–water partition coefficient (Wildman–Crippen LogP) is 4.80. The Hall–Kier alpha value is -3.41. The summed E-state index contributed by atoms with van der Waals surface area (Å²) in [5.41, 5.74) is 0.239. The molecule has 3 aromatic rings. The van der Waals surface area contributed by atoms with Gasteiger partial charge in [0.05, 0.1) is 12.2 Å². The van der Waals surface area contributed by atoms with Gasteiger partial charge in [-0.15, -0.1) is 0 Å². The van der Waals surface area contributed by atoms with Crippen molar-refractivity contribution in [2.45, 2.75) is 33.6 Å². The number of hydrogen-bond donors (Lipinski definition) is 0. The van der Waals surface area contributed by atoms with Crippen LogP contribution in [-0.2, 0) is 14.3 Å². The molecule has 0 amide bonds. The largest absolute Gasteiger partial charge is 0.462 e. The van der Waals surface area contributed by atoms with Gasteiger partial charge in [-0.2, -0.15) is 0 Å². The van der Waals surface area contributed by atoms with Crippen LogP contribution in [0.5, 0.6) is 11.5 Å². The Balaban J connectivity index is 2.46. The van der Waals surface area contributed by atoms with E-state index in [0.29, 0.717) is 27.3 Å². The molecule has 0 radical (unpaired) electrons. The van der Waals surface area contributed by atoms with E-state index in [1.54, 1.807) is 63.2 Å². The van der Waals surface area contributed by atoms with E-state index >= 15 is 0 Å². The fourth-order valence-corrected chi connectivity index (χ4v) is 3.11. The highest BCUT2D eigenvalue weighted by Crippen LogP contribution is 2.44. The van der Waals surface area contributed by atoms with Crippen LogP contribution in [0.3, 0.4) is 0 Å². The zero-order valence-electron chi connectivity index (χ0n) is 16.6. The number of fused-ring (bicyclic) bond motifs is 2. The first-order valence-electron chi connectivity index (χ1n) is 9.57. The van der Waals surface area contributed by atoms with Crippen LogP contribution in [0, 0.1) is 0 Å². The monoisotopic (exact) mass is 394 g/mol. The molecule has 6 nitrogen and oxygen atoms in total. The Morgan fingerprint density at radius 1 is 0.724 bits per heavy atom. The standard InChI is InChI=1S/C23H22O6/c1-4-18(24)28-21-14-10-7-8-11-15(14)22(29-19(25)5-2)20-16(21)12-9-13-17(20)23(26)27-6-3/h7-13H,4-6H2,1-3H3. The minimum atomic E-state index is -0.546. The number of benzene rings is 3. The van der Waals surface area contributed by atoms with Crippen LogP contribution in [0.25, 0.3) is 21.5 Å². The van der Waals surface area contributed by atoms with Crippen molar-refractivity contribution >= 4 is 39.5 Å². The molecule has 0 aromatic heterocycles. The maximum Gasteiger partial charge on any atom is 0.338 e. The second-order valence-electron chi connectivity index (χ2n) is 6.31. The average Bonchev–Trinajstić information content (AvgIpc) is 2.75. The molecule has 0 heterocycles. The van der Waals surface area contributed by atoms with Crippen LogP contribution < -0.4 is 9.47 Å². The molecular weight excluding hydrogens is 372 g/mol. The van der Waals surface area contributed by atoms with Gasteiger partial charge >= 0.3 is 17.9 Å². The van der Waals surface area contributed by atoms with Crippen molar-refractivity contribution < 1.29 is 28.6 Å². The molecule has 150 valence electrons. The predicted molar refractivity (Wildman–Crippen MR) is 109 cm³/mol. The number of carbonyl (C=O) groups excluding carboxylic acids is 3. The van der Waals surface area contributed by atoms with Crippen LogP contribution in [0.4, 0.5) is 0 Å². The van der Waals surface area contributed by atoms with Crippen molar-refractivity contribution in [2.75, 3.05) is 6.61 Å². The molecule has 0 aliphatic rings. The molecule has 6 heteroatoms. The van der Waals surface area contributed by atoms with E-state index in [2.05, 4.69) is 0 Å². The van der Waals surface area contributed by atoms with Crippen molar-refractivity contribution in [2.24, 2.45) is 0 Å². The van der Waals surface area contributed by atoms with E-state index in [4.69, 9.17) is 14.2 Å². The lowest BCUT2D eigenvalue weighted by molar-refractivity contribution is -0.134. The fraction of sp³-hybridized carbons (Fsp3) is 0.261. The Kier molecular flexibility index (Phi) is 6.12. The van der Waals surface area contributed by atoms with Crippen molar-refractivity contribution in [3.8, 4) is 11.5 Å². The number of ether oxygens (including phenoxy) is 3. The van der Waals surface area contributed by atoms with Gasteiger partial charge in [0.25, 0.3) is 0 Å². The maximum absolute atomic E-state index is 12.6. The van der Waals surface area contributed by atoms with Crippen molar-refractivity contribution in [1.29, 1.82) is 0 Å². The lowest BCUT2D eigenvalue weighted by Crippen LogP contribution is -2.11. The quantitative estimate of drug-likeness (QED) is 0.339. The Morgan fingerprint density at radius 3 is 1.86 bits per heavy atom. The number of esters is 3. The van der Waals surface area contributed by atoms with Gasteiger partial charge in [0.15, 0.2) is 0 Å². The zero-order valence-corrected chi connectivity index (χ0v) is 16.6. The minimum absolute atomic E-state index is 0.171. The molecule has 0 aliphatic carbocycles. The van der Waals surface area contributed by atoms with E-state index in [1.165, 1.54) is 0 Å². The van der Waals surface area contributed by atoms with Gasteiger partial charge in [-0.1, -0.05) is 50.2 Å². The minimum Gasteiger partial charge on any atom is -0.462 e. The summed E-state index contributed by atoms with van der Waals surface area (Å²) in [7, 11) is 0. The van der Waals surface area contributed by atoms with E-state index in [-0.39, 0.29) is 30.8 Å². The summed E-state index contributed by atoms with van der Waals surface area (Å²) in [6.07, 6.45) is 0.365. The average molecular weight is 394 g/mol. The van der Waals surface area contributed by atoms with E-state index in [1.807, 2.05) is 0 Å². The second-order valence-corrected chi connectivity index (χ2v) is 6.31. The van der Waals surface area contributed by atoms with Crippen LogP contribution in [-0.4, -0.2) is 24.5 Å². The fourth-order valence-electron chi connectivity index (χ4n) is 3.11. The first-order valence-corrected chi connectivity index (χ1v) is 9.57. The van der Waals surface area contributed by atoms with E-state index in [0.717, 1.165) is 0 Å². The molecule has 3 rings (SSSR count). The lowest BCUT2D eigenvalue weighted by Gasteiger charge is -2.18. The summed E-state index contributed by atoms with van der Waals surface area (Å²) in [6, 6.07) is 12.1. The number of hydrogen-bond acceptors (Lipinski definition) is 6. The Bertz CT molecular complexity index is 1100. The smallest absolute Gasteiger partial charge is 0.338 e. The summed E-state index contributed by atoms with van der Waals surface area (Å²) in [6.45, 7) is 5.31. The molecule has 0 spiro atoms. The molecule has 0 fully saturated rings. The van der Waals surface area contributed by atoms with E-state index in [9.17, 15) is 14.4 Å². The molecule has 0 aliphatic heterocycles. The SMILES string of the molecule is CCOC(=O)c1cccc2c(OC(=O)CC)c3ccccc3c(OC(=O)CC)c12. The molecule has 0 saturated heterocycles. The first-order chi connectivity index (χ1) is 14.0. The lowest BCUT2D eigenvalue weighted by atomic mass is 9.96. The molecule has 0 saturated carbocycles. The third-order valence-electron chi connectivity index (χ3n) is 4.46. The van der Waals surface area contributed by atoms with Gasteiger partial charge < -0.3 is 14.2 Å². The van der Waals surface area contributed by atoms with Gasteiger partial charge in [0.2, 0.25) is 0 Å². The Labute approximate surface area is 168 Å². The highest BCUT2D eigenvalue weighted by atomic mass is 16.5. The summed E-state index contributed by atoms with van der Waals surface area (Å²) < 4.78 is 16.5. The summed E-state index contributed by atoms with van der Waals surface area (Å²) >= 11 is 0. The van der Waals surface area contributed by atoms with Gasteiger partial charge in [0, 0.05) is 34.4 Å². The number of rotatable bonds is 6. The Morgan fingerprint density at radius 2 is 1.28 bits per heavy atom. The molecule has 29 heavy (non-hydrogen) atoms. The first kappa shape index (κ1) is 20.3. The normalized spacial score (nSPS) is 10.7. The van der Waals surface area contributed by atoms with Crippen LogP contribution in [0.1, 0.15) is 44.0 Å². The van der Waals surface area contributed by atoms with Crippen LogP contribution in [0.15, 0.2) is 42.5 Å². The summed E-state index contributed by atoms with van der Waals surface area (Å²) in [5.74, 6) is -0.813. The molecule has 0 N–H and O–H groups in total. The van der Waals surface area contributed by atoms with Crippen LogP contribution in [0.2, 0.25) is 0 Å². The van der Waals surface area contributed by atoms with Crippen molar-refractivity contribution in [1.82, 2.24) is 0 Å². The molecule has 0 unspecified atom stereocenters. The third kappa shape index (κ3) is 3.92. The summed E-state index contributed by atoms with van der Waals surface area (Å²) in [4.78, 5) is 36.9. The van der Waals surface area contributed by atoms with Crippen LogP contribution >= 0.6 is 0 Å². The molecular formula is C23H22O6. The molecule has 0 atom stereocenters. The highest BCUT2D eigenvalue weighted by Gasteiger charge is 2.24. The topological polar surface area (TPSA) is 78.9 Å². The zero-order chi connectivity index (χ0) is 21.0. The molecule has 0 bridgehead atoms. The molecule has 3 aromatic carbocycles. The number of carbonyl (C=O) groups is 3. The van der Waals surface area contributed by atoms with E-state index < -0.39 is 17.9 Å². The highest BCUT2D eigenvalue weighted by molar-refractivity contribution is 6.18. The second kappa shape index (κ2) is 8.73. The van der Waals surface area contributed by atoms with Crippen molar-refractivity contribution in [3.63, 3.8) is 0 Å². The van der Waals surface area contributed by atoms with Gasteiger partial charge in [-0.05, 0) is 13.0 Å². The van der Waals surface area contributed by atoms with Gasteiger partial charge in [0.1, 0.15) is 11.5 Å². The maximum atomic E-state index is 12.6. The van der Waals surface area contributed by atoms with Gasteiger partial charge in [-0.3, -0.25) is 9.59 Å². The third-order valence-corrected chi connectivity index (χ3v) is 4.46. The summed E-state index contributed by atoms with van der Waals surface area (Å²) in [5, 5.41) is 2.06.